The van der Waals surface area contributed by atoms with Gasteiger partial charge in [0, 0.05) is 5.71 Å². The smallest absolute Gasteiger partial charge is 0.135 e. The molecule has 1 heterocycles. The predicted octanol–water partition coefficient (Wildman–Crippen LogP) is 6.34. The summed E-state index contributed by atoms with van der Waals surface area (Å²) in [5, 5.41) is 0. The minimum absolute atomic E-state index is 0.00871. The summed E-state index contributed by atoms with van der Waals surface area (Å²) in [6, 6.07) is 12.8. The van der Waals surface area contributed by atoms with E-state index in [0.29, 0.717) is 18.1 Å². The van der Waals surface area contributed by atoms with Gasteiger partial charge in [0.15, 0.2) is 0 Å². The van der Waals surface area contributed by atoms with Crippen molar-refractivity contribution in [2.24, 2.45) is 4.99 Å². The van der Waals surface area contributed by atoms with Gasteiger partial charge in [-0.3, -0.25) is 4.99 Å². The van der Waals surface area contributed by atoms with Crippen LogP contribution in [0.2, 0.25) is 0 Å². The number of nitrogens with zero attached hydrogens (tertiary/aromatic N) is 1. The molecular formula is C22H23F2N. The molecular weight excluding hydrogens is 316 g/mol. The summed E-state index contributed by atoms with van der Waals surface area (Å²) >= 11 is 0. The Labute approximate surface area is 147 Å². The minimum Gasteiger partial charge on any atom is -0.281 e. The van der Waals surface area contributed by atoms with Crippen LogP contribution in [-0.2, 0) is 0 Å². The molecule has 1 unspecified atom stereocenters. The normalized spacial score (nSPS) is 21.4. The first kappa shape index (κ1) is 16.4. The summed E-state index contributed by atoms with van der Waals surface area (Å²) < 4.78 is 27.9. The average molecular weight is 339 g/mol. The SMILES string of the molecule is Fc1cccc(F)c1C1=NC(c2ccc(C3CCCCC3)cc2)CC1. The maximum absolute atomic E-state index is 14.0. The Morgan fingerprint density at radius 1 is 0.760 bits per heavy atom. The molecule has 1 aliphatic heterocycles. The van der Waals surface area contributed by atoms with Crippen LogP contribution in [0.1, 0.15) is 73.6 Å². The molecule has 2 aromatic rings. The van der Waals surface area contributed by atoms with E-state index in [0.717, 1.165) is 12.0 Å². The van der Waals surface area contributed by atoms with Crippen LogP contribution in [0, 0.1) is 11.6 Å². The number of aliphatic imine (C=N–C) groups is 1. The standard InChI is InChI=1S/C22H23F2N/c23-18-7-4-8-19(24)22(18)21-14-13-20(25-21)17-11-9-16(10-12-17)15-5-2-1-3-6-15/h4,7-12,15,20H,1-3,5-6,13-14H2. The van der Waals surface area contributed by atoms with Gasteiger partial charge in [-0.2, -0.15) is 0 Å². The summed E-state index contributed by atoms with van der Waals surface area (Å²) in [5.74, 6) is -0.350. The van der Waals surface area contributed by atoms with Crippen molar-refractivity contribution >= 4 is 5.71 Å². The molecule has 3 heteroatoms. The highest BCUT2D eigenvalue weighted by atomic mass is 19.1. The van der Waals surface area contributed by atoms with Gasteiger partial charge in [0.1, 0.15) is 11.6 Å². The Balaban J connectivity index is 1.54. The fourth-order valence-corrected chi connectivity index (χ4v) is 4.22. The van der Waals surface area contributed by atoms with E-state index in [9.17, 15) is 8.78 Å². The maximum atomic E-state index is 14.0. The Morgan fingerprint density at radius 2 is 1.40 bits per heavy atom. The highest BCUT2D eigenvalue weighted by Gasteiger charge is 2.24. The lowest BCUT2D eigenvalue weighted by Crippen LogP contribution is -2.04. The molecule has 1 fully saturated rings. The number of hydrogen-bond acceptors (Lipinski definition) is 1. The quantitative estimate of drug-likeness (QED) is 0.619. The van der Waals surface area contributed by atoms with Gasteiger partial charge in [-0.25, -0.2) is 8.78 Å². The van der Waals surface area contributed by atoms with Crippen molar-refractivity contribution in [1.29, 1.82) is 0 Å². The van der Waals surface area contributed by atoms with Gasteiger partial charge in [0.25, 0.3) is 0 Å². The van der Waals surface area contributed by atoms with E-state index in [-0.39, 0.29) is 11.6 Å². The minimum atomic E-state index is -0.521. The molecule has 1 nitrogen and oxygen atoms in total. The molecule has 130 valence electrons. The van der Waals surface area contributed by atoms with Crippen molar-refractivity contribution in [3.63, 3.8) is 0 Å². The third kappa shape index (κ3) is 3.37. The molecule has 1 aliphatic carbocycles. The lowest BCUT2D eigenvalue weighted by Gasteiger charge is -2.22. The number of halogens is 2. The van der Waals surface area contributed by atoms with Gasteiger partial charge in [0.2, 0.25) is 0 Å². The third-order valence-electron chi connectivity index (χ3n) is 5.62. The molecule has 0 radical (unpaired) electrons. The van der Waals surface area contributed by atoms with E-state index < -0.39 is 11.6 Å². The van der Waals surface area contributed by atoms with Crippen LogP contribution in [0.4, 0.5) is 8.78 Å². The molecule has 0 amide bonds. The first-order chi connectivity index (χ1) is 12.2. The zero-order valence-electron chi connectivity index (χ0n) is 14.3. The van der Waals surface area contributed by atoms with Crippen LogP contribution < -0.4 is 0 Å². The van der Waals surface area contributed by atoms with Gasteiger partial charge in [0.05, 0.1) is 11.6 Å². The molecule has 2 aliphatic rings. The fourth-order valence-electron chi connectivity index (χ4n) is 4.22. The Kier molecular flexibility index (Phi) is 4.65. The Bertz CT molecular complexity index is 753. The van der Waals surface area contributed by atoms with Crippen LogP contribution in [-0.4, -0.2) is 5.71 Å². The highest BCUT2D eigenvalue weighted by molar-refractivity contribution is 6.02. The number of benzene rings is 2. The van der Waals surface area contributed by atoms with Crippen LogP contribution in [0.15, 0.2) is 47.5 Å². The van der Waals surface area contributed by atoms with Crippen molar-refractivity contribution in [3.05, 3.63) is 70.8 Å². The topological polar surface area (TPSA) is 12.4 Å². The van der Waals surface area contributed by atoms with Crippen molar-refractivity contribution in [2.45, 2.75) is 56.9 Å². The van der Waals surface area contributed by atoms with Crippen LogP contribution >= 0.6 is 0 Å². The van der Waals surface area contributed by atoms with E-state index in [4.69, 9.17) is 0 Å². The van der Waals surface area contributed by atoms with Crippen LogP contribution in [0.3, 0.4) is 0 Å². The summed E-state index contributed by atoms with van der Waals surface area (Å²) in [6.07, 6.45) is 8.03. The monoisotopic (exact) mass is 339 g/mol. The summed E-state index contributed by atoms with van der Waals surface area (Å²) in [5.41, 5.74) is 3.16. The first-order valence-electron chi connectivity index (χ1n) is 9.33. The summed E-state index contributed by atoms with van der Waals surface area (Å²) in [7, 11) is 0. The lowest BCUT2D eigenvalue weighted by atomic mass is 9.83. The van der Waals surface area contributed by atoms with E-state index in [1.807, 2.05) is 0 Å². The average Bonchev–Trinajstić information content (AvgIpc) is 3.12. The molecule has 2 aromatic carbocycles. The molecule has 0 spiro atoms. The zero-order chi connectivity index (χ0) is 17.2. The molecule has 4 rings (SSSR count). The zero-order valence-corrected chi connectivity index (χ0v) is 14.3. The van der Waals surface area contributed by atoms with E-state index in [1.165, 1.54) is 55.9 Å². The van der Waals surface area contributed by atoms with E-state index in [1.54, 1.807) is 0 Å². The number of rotatable bonds is 3. The number of hydrogen-bond donors (Lipinski definition) is 0. The third-order valence-corrected chi connectivity index (χ3v) is 5.62. The summed E-state index contributed by atoms with van der Waals surface area (Å²) in [4.78, 5) is 4.63. The Morgan fingerprint density at radius 3 is 2.08 bits per heavy atom. The largest absolute Gasteiger partial charge is 0.281 e. The molecule has 0 aromatic heterocycles. The molecule has 0 saturated heterocycles. The Hall–Kier alpha value is -2.03. The van der Waals surface area contributed by atoms with Gasteiger partial charge >= 0.3 is 0 Å². The van der Waals surface area contributed by atoms with E-state index in [2.05, 4.69) is 29.3 Å². The van der Waals surface area contributed by atoms with Crippen molar-refractivity contribution in [1.82, 2.24) is 0 Å². The van der Waals surface area contributed by atoms with Gasteiger partial charge in [-0.15, -0.1) is 0 Å². The maximum Gasteiger partial charge on any atom is 0.135 e. The fraction of sp³-hybridized carbons (Fsp3) is 0.409. The molecule has 1 saturated carbocycles. The van der Waals surface area contributed by atoms with Crippen LogP contribution in [0.5, 0.6) is 0 Å². The molecule has 0 N–H and O–H groups in total. The van der Waals surface area contributed by atoms with Crippen molar-refractivity contribution < 1.29 is 8.78 Å². The second-order valence-electron chi connectivity index (χ2n) is 7.23. The highest BCUT2D eigenvalue weighted by Crippen LogP contribution is 2.35. The van der Waals surface area contributed by atoms with Crippen molar-refractivity contribution in [2.75, 3.05) is 0 Å². The molecule has 1 atom stereocenters. The molecule has 25 heavy (non-hydrogen) atoms. The summed E-state index contributed by atoms with van der Waals surface area (Å²) in [6.45, 7) is 0. The van der Waals surface area contributed by atoms with E-state index >= 15 is 0 Å². The van der Waals surface area contributed by atoms with Gasteiger partial charge < -0.3 is 0 Å². The van der Waals surface area contributed by atoms with Crippen molar-refractivity contribution in [3.8, 4) is 0 Å². The second-order valence-corrected chi connectivity index (χ2v) is 7.23. The van der Waals surface area contributed by atoms with Gasteiger partial charge in [-0.1, -0.05) is 49.6 Å². The van der Waals surface area contributed by atoms with Crippen LogP contribution in [0.25, 0.3) is 0 Å². The van der Waals surface area contributed by atoms with Gasteiger partial charge in [-0.05, 0) is 54.9 Å². The second kappa shape index (κ2) is 7.07. The predicted molar refractivity (Wildman–Crippen MR) is 97.1 cm³/mol. The molecule has 0 bridgehead atoms. The first-order valence-corrected chi connectivity index (χ1v) is 9.33. The lowest BCUT2D eigenvalue weighted by molar-refractivity contribution is 0.443.